The Balaban J connectivity index is 2.42. The van der Waals surface area contributed by atoms with E-state index in [1.165, 1.54) is 0 Å². The number of carbonyl (C=O) groups is 1. The third-order valence-corrected chi connectivity index (χ3v) is 2.76. The molecule has 0 fully saturated rings. The fraction of sp³-hybridized carbons (Fsp3) is 0.667. The van der Waals surface area contributed by atoms with Gasteiger partial charge in [-0.3, -0.25) is 4.79 Å². The maximum absolute atomic E-state index is 11.5. The van der Waals surface area contributed by atoms with Gasteiger partial charge in [-0.2, -0.15) is 0 Å². The lowest BCUT2D eigenvalue weighted by atomic mass is 10.1. The minimum Gasteiger partial charge on any atom is -0.463 e. The summed E-state index contributed by atoms with van der Waals surface area (Å²) in [5, 5.41) is 3.17. The summed E-state index contributed by atoms with van der Waals surface area (Å²) in [6, 6.07) is 1.92. The van der Waals surface area contributed by atoms with Crippen LogP contribution in [0.4, 0.5) is 5.95 Å². The molecule has 1 heterocycles. The minimum atomic E-state index is -0.161. The third kappa shape index (κ3) is 5.99. The highest BCUT2D eigenvalue weighted by Crippen LogP contribution is 2.12. The number of ether oxygens (including phenoxy) is 1. The van der Waals surface area contributed by atoms with Crippen molar-refractivity contribution in [3.63, 3.8) is 0 Å². The summed E-state index contributed by atoms with van der Waals surface area (Å²) in [7, 11) is 0. The second kappa shape index (κ2) is 7.82. The summed E-state index contributed by atoms with van der Waals surface area (Å²) < 4.78 is 5.13. The number of nitrogens with one attached hydrogen (secondary N) is 1. The Morgan fingerprint density at radius 2 is 2.00 bits per heavy atom. The highest BCUT2D eigenvalue weighted by molar-refractivity contribution is 5.69. The summed E-state index contributed by atoms with van der Waals surface area (Å²) in [5.41, 5.74) is 1.01. The van der Waals surface area contributed by atoms with Crippen molar-refractivity contribution in [3.05, 3.63) is 18.0 Å². The van der Waals surface area contributed by atoms with Crippen molar-refractivity contribution in [1.29, 1.82) is 0 Å². The molecule has 0 aliphatic heterocycles. The Morgan fingerprint density at radius 3 is 2.60 bits per heavy atom. The van der Waals surface area contributed by atoms with Crippen molar-refractivity contribution in [2.75, 3.05) is 11.9 Å². The van der Waals surface area contributed by atoms with Gasteiger partial charge in [0.2, 0.25) is 5.95 Å². The average Bonchev–Trinajstić information content (AvgIpc) is 2.35. The zero-order valence-corrected chi connectivity index (χ0v) is 13.0. The molecule has 0 unspecified atom stereocenters. The quantitative estimate of drug-likeness (QED) is 0.777. The molecule has 0 aliphatic carbocycles. The number of carbonyl (C=O) groups excluding carboxylic acids is 1. The largest absolute Gasteiger partial charge is 0.463 e. The van der Waals surface area contributed by atoms with Crippen LogP contribution in [0.25, 0.3) is 0 Å². The fourth-order valence-electron chi connectivity index (χ4n) is 1.71. The highest BCUT2D eigenvalue weighted by Gasteiger charge is 2.12. The van der Waals surface area contributed by atoms with Gasteiger partial charge in [0.05, 0.1) is 6.10 Å². The number of aromatic nitrogens is 2. The third-order valence-electron chi connectivity index (χ3n) is 2.76. The zero-order chi connectivity index (χ0) is 15.1. The van der Waals surface area contributed by atoms with Crippen LogP contribution in [0.1, 0.15) is 52.7 Å². The Labute approximate surface area is 121 Å². The minimum absolute atomic E-state index is 0.0614. The molecule has 0 amide bonds. The molecule has 0 aliphatic rings. The van der Waals surface area contributed by atoms with Crippen LogP contribution in [0.2, 0.25) is 0 Å². The van der Waals surface area contributed by atoms with E-state index in [-0.39, 0.29) is 18.0 Å². The zero-order valence-electron chi connectivity index (χ0n) is 13.0. The predicted molar refractivity (Wildman–Crippen MR) is 79.6 cm³/mol. The number of esters is 1. The van der Waals surface area contributed by atoms with Crippen molar-refractivity contribution in [2.24, 2.45) is 5.92 Å². The second-order valence-corrected chi connectivity index (χ2v) is 5.69. The SMILES string of the molecule is CC(C)OC(=O)C[C@H](C)CNc1nccc(C(C)C)n1. The Bertz CT molecular complexity index is 433. The number of anilines is 1. The molecule has 0 bridgehead atoms. The van der Waals surface area contributed by atoms with Gasteiger partial charge in [0, 0.05) is 24.9 Å². The van der Waals surface area contributed by atoms with E-state index in [0.29, 0.717) is 24.8 Å². The molecule has 1 aromatic rings. The monoisotopic (exact) mass is 279 g/mol. The van der Waals surface area contributed by atoms with Gasteiger partial charge in [-0.25, -0.2) is 9.97 Å². The lowest BCUT2D eigenvalue weighted by molar-refractivity contribution is -0.148. The van der Waals surface area contributed by atoms with Crippen LogP contribution in [0.15, 0.2) is 12.3 Å². The van der Waals surface area contributed by atoms with Gasteiger partial charge in [0.15, 0.2) is 0 Å². The molecule has 0 aromatic carbocycles. The van der Waals surface area contributed by atoms with Crippen molar-refractivity contribution < 1.29 is 9.53 Å². The van der Waals surface area contributed by atoms with Crippen LogP contribution in [-0.2, 0) is 9.53 Å². The standard InChI is InChI=1S/C15H25N3O2/c1-10(2)13-6-7-16-15(18-13)17-9-12(5)8-14(19)20-11(3)4/h6-7,10-12H,8-9H2,1-5H3,(H,16,17,18)/t12-/m0/s1. The molecule has 0 spiro atoms. The van der Waals surface area contributed by atoms with Crippen molar-refractivity contribution in [2.45, 2.75) is 53.1 Å². The summed E-state index contributed by atoms with van der Waals surface area (Å²) in [4.78, 5) is 20.2. The number of hydrogen-bond acceptors (Lipinski definition) is 5. The van der Waals surface area contributed by atoms with Gasteiger partial charge in [0.25, 0.3) is 0 Å². The van der Waals surface area contributed by atoms with Gasteiger partial charge in [-0.1, -0.05) is 20.8 Å². The second-order valence-electron chi connectivity index (χ2n) is 5.69. The van der Waals surface area contributed by atoms with E-state index in [4.69, 9.17) is 4.74 Å². The first-order valence-corrected chi connectivity index (χ1v) is 7.14. The molecule has 1 rings (SSSR count). The molecule has 5 heteroatoms. The first kappa shape index (κ1) is 16.4. The molecule has 0 saturated heterocycles. The molecular formula is C15H25N3O2. The van der Waals surface area contributed by atoms with E-state index < -0.39 is 0 Å². The van der Waals surface area contributed by atoms with E-state index in [1.54, 1.807) is 6.20 Å². The maximum atomic E-state index is 11.5. The number of nitrogens with zero attached hydrogens (tertiary/aromatic N) is 2. The Hall–Kier alpha value is -1.65. The van der Waals surface area contributed by atoms with Gasteiger partial charge < -0.3 is 10.1 Å². The van der Waals surface area contributed by atoms with E-state index >= 15 is 0 Å². The molecule has 0 saturated carbocycles. The topological polar surface area (TPSA) is 64.1 Å². The molecule has 1 aromatic heterocycles. The average molecular weight is 279 g/mol. The normalized spacial score (nSPS) is 12.6. The van der Waals surface area contributed by atoms with Gasteiger partial charge in [-0.15, -0.1) is 0 Å². The van der Waals surface area contributed by atoms with Crippen LogP contribution in [-0.4, -0.2) is 28.6 Å². The highest BCUT2D eigenvalue weighted by atomic mass is 16.5. The summed E-state index contributed by atoms with van der Waals surface area (Å²) in [6.45, 7) is 10.5. The Morgan fingerprint density at radius 1 is 1.30 bits per heavy atom. The summed E-state index contributed by atoms with van der Waals surface area (Å²) in [6.07, 6.45) is 2.09. The van der Waals surface area contributed by atoms with E-state index in [0.717, 1.165) is 5.69 Å². The van der Waals surface area contributed by atoms with E-state index in [2.05, 4.69) is 29.1 Å². The predicted octanol–water partition coefficient (Wildman–Crippen LogP) is 2.99. The first-order valence-electron chi connectivity index (χ1n) is 7.14. The molecule has 0 radical (unpaired) electrons. The van der Waals surface area contributed by atoms with Crippen molar-refractivity contribution in [3.8, 4) is 0 Å². The van der Waals surface area contributed by atoms with Gasteiger partial charge in [-0.05, 0) is 31.7 Å². The van der Waals surface area contributed by atoms with Crippen molar-refractivity contribution >= 4 is 11.9 Å². The maximum Gasteiger partial charge on any atom is 0.306 e. The number of rotatable bonds is 7. The smallest absolute Gasteiger partial charge is 0.306 e. The first-order chi connectivity index (χ1) is 9.38. The van der Waals surface area contributed by atoms with Crippen LogP contribution in [0.5, 0.6) is 0 Å². The van der Waals surface area contributed by atoms with Crippen molar-refractivity contribution in [1.82, 2.24) is 9.97 Å². The fourth-order valence-corrected chi connectivity index (χ4v) is 1.71. The molecule has 112 valence electrons. The molecule has 5 nitrogen and oxygen atoms in total. The lowest BCUT2D eigenvalue weighted by Gasteiger charge is -2.14. The van der Waals surface area contributed by atoms with Gasteiger partial charge >= 0.3 is 5.97 Å². The van der Waals surface area contributed by atoms with Crippen LogP contribution in [0, 0.1) is 5.92 Å². The Kier molecular flexibility index (Phi) is 6.42. The molecule has 20 heavy (non-hydrogen) atoms. The summed E-state index contributed by atoms with van der Waals surface area (Å²) in [5.74, 6) is 0.996. The van der Waals surface area contributed by atoms with E-state index in [1.807, 2.05) is 26.8 Å². The van der Waals surface area contributed by atoms with Crippen LogP contribution >= 0.6 is 0 Å². The molecular weight excluding hydrogens is 254 g/mol. The number of hydrogen-bond donors (Lipinski definition) is 1. The summed E-state index contributed by atoms with van der Waals surface area (Å²) >= 11 is 0. The molecule has 1 N–H and O–H groups in total. The molecule has 1 atom stereocenters. The van der Waals surface area contributed by atoms with Crippen LogP contribution < -0.4 is 5.32 Å². The van der Waals surface area contributed by atoms with Gasteiger partial charge in [0.1, 0.15) is 0 Å². The van der Waals surface area contributed by atoms with E-state index in [9.17, 15) is 4.79 Å². The lowest BCUT2D eigenvalue weighted by Crippen LogP contribution is -2.20. The van der Waals surface area contributed by atoms with Crippen LogP contribution in [0.3, 0.4) is 0 Å².